The maximum atomic E-state index is 12.2. The number of rotatable bonds is 3. The van der Waals surface area contributed by atoms with Gasteiger partial charge < -0.3 is 10.1 Å². The number of nitrogens with zero attached hydrogens (tertiary/aromatic N) is 3. The average Bonchev–Trinajstić information content (AvgIpc) is 3.06. The van der Waals surface area contributed by atoms with Crippen LogP contribution in [-0.4, -0.2) is 35.1 Å². The summed E-state index contributed by atoms with van der Waals surface area (Å²) in [4.78, 5) is 17.1. The molecular formula is C17H30N4O2S. The molecule has 0 aromatic carbocycles. The average molecular weight is 355 g/mol. The summed E-state index contributed by atoms with van der Waals surface area (Å²) < 4.78 is 7.54. The topological polar surface area (TPSA) is 68.5 Å². The van der Waals surface area contributed by atoms with Gasteiger partial charge in [-0.3, -0.25) is 0 Å². The maximum absolute atomic E-state index is 12.2. The van der Waals surface area contributed by atoms with Gasteiger partial charge in [-0.05, 0) is 18.3 Å². The lowest BCUT2D eigenvalue weighted by molar-refractivity contribution is 0.0928. The van der Waals surface area contributed by atoms with E-state index in [1.54, 1.807) is 0 Å². The zero-order valence-corrected chi connectivity index (χ0v) is 16.5. The lowest BCUT2D eigenvalue weighted by Gasteiger charge is -2.17. The Morgan fingerprint density at radius 3 is 2.62 bits per heavy atom. The van der Waals surface area contributed by atoms with E-state index in [2.05, 4.69) is 57.0 Å². The molecule has 2 rings (SSSR count). The van der Waals surface area contributed by atoms with Crippen molar-refractivity contribution in [2.75, 3.05) is 13.2 Å². The van der Waals surface area contributed by atoms with E-state index in [1.165, 1.54) is 11.3 Å². The van der Waals surface area contributed by atoms with Crippen molar-refractivity contribution in [2.24, 2.45) is 10.4 Å². The van der Waals surface area contributed by atoms with Crippen molar-refractivity contribution in [1.29, 1.82) is 0 Å². The minimum Gasteiger partial charge on any atom is -0.376 e. The lowest BCUT2D eigenvalue weighted by atomic mass is 9.97. The standard InChI is InChI=1S/C17H30N4O2S/c1-16(2,3)11-18-14(22)19-15-21(10-12-8-7-9-23-12)20-13(24-15)17(4,5)6/h12H,7-11H2,1-6H3,(H,18,22)/b19-15-/t12-/m1/s1. The van der Waals surface area contributed by atoms with Crippen LogP contribution in [0, 0.1) is 5.41 Å². The lowest BCUT2D eigenvalue weighted by Crippen LogP contribution is -2.32. The molecule has 0 saturated carbocycles. The van der Waals surface area contributed by atoms with E-state index in [4.69, 9.17) is 4.74 Å². The van der Waals surface area contributed by atoms with Crippen LogP contribution in [0.5, 0.6) is 0 Å². The fourth-order valence-corrected chi connectivity index (χ4v) is 3.23. The van der Waals surface area contributed by atoms with Gasteiger partial charge in [-0.25, -0.2) is 9.48 Å². The smallest absolute Gasteiger partial charge is 0.343 e. The molecule has 1 fully saturated rings. The molecule has 1 aromatic heterocycles. The fraction of sp³-hybridized carbons (Fsp3) is 0.824. The summed E-state index contributed by atoms with van der Waals surface area (Å²) in [6.45, 7) is 14.6. The SMILES string of the molecule is CC(C)(C)CNC(=O)/N=c1\sc(C(C)(C)C)nn1C[C@H]1CCCO1. The highest BCUT2D eigenvalue weighted by Gasteiger charge is 2.23. The van der Waals surface area contributed by atoms with E-state index >= 15 is 0 Å². The van der Waals surface area contributed by atoms with Crippen molar-refractivity contribution in [1.82, 2.24) is 15.1 Å². The van der Waals surface area contributed by atoms with Crippen LogP contribution in [0.3, 0.4) is 0 Å². The fourth-order valence-electron chi connectivity index (χ4n) is 2.26. The normalized spacial score (nSPS) is 19.8. The summed E-state index contributed by atoms with van der Waals surface area (Å²) in [6.07, 6.45) is 2.28. The second-order valence-corrected chi connectivity index (χ2v) is 9.54. The monoisotopic (exact) mass is 354 g/mol. The van der Waals surface area contributed by atoms with Crippen LogP contribution in [0.25, 0.3) is 0 Å². The number of ether oxygens (including phenoxy) is 1. The predicted molar refractivity (Wildman–Crippen MR) is 96.2 cm³/mol. The Morgan fingerprint density at radius 1 is 1.38 bits per heavy atom. The van der Waals surface area contributed by atoms with Gasteiger partial charge in [0.15, 0.2) is 0 Å². The number of amides is 2. The van der Waals surface area contributed by atoms with Crippen molar-refractivity contribution in [2.45, 2.75) is 72.4 Å². The highest BCUT2D eigenvalue weighted by Crippen LogP contribution is 2.22. The van der Waals surface area contributed by atoms with Crippen LogP contribution in [0.1, 0.15) is 59.4 Å². The number of urea groups is 1. The predicted octanol–water partition coefficient (Wildman–Crippen LogP) is 3.08. The van der Waals surface area contributed by atoms with Gasteiger partial charge in [0.1, 0.15) is 5.01 Å². The second-order valence-electron chi connectivity index (χ2n) is 8.59. The molecule has 0 unspecified atom stereocenters. The Labute approximate surface area is 148 Å². The van der Waals surface area contributed by atoms with E-state index < -0.39 is 0 Å². The number of carbonyl (C=O) groups excluding carboxylic acids is 1. The molecule has 7 heteroatoms. The number of carbonyl (C=O) groups is 1. The number of aromatic nitrogens is 2. The van der Waals surface area contributed by atoms with Gasteiger partial charge in [0.2, 0.25) is 4.80 Å². The van der Waals surface area contributed by atoms with E-state index in [9.17, 15) is 4.79 Å². The molecule has 136 valence electrons. The molecule has 1 N–H and O–H groups in total. The van der Waals surface area contributed by atoms with Gasteiger partial charge in [-0.2, -0.15) is 10.1 Å². The van der Waals surface area contributed by atoms with Crippen LogP contribution >= 0.6 is 11.3 Å². The minimum atomic E-state index is -0.310. The Balaban J connectivity index is 2.23. The number of nitrogens with one attached hydrogen (secondary N) is 1. The highest BCUT2D eigenvalue weighted by atomic mass is 32.1. The summed E-state index contributed by atoms with van der Waals surface area (Å²) in [5.41, 5.74) is -0.0400. The highest BCUT2D eigenvalue weighted by molar-refractivity contribution is 7.09. The molecule has 1 aliphatic heterocycles. The third-order valence-corrected chi connectivity index (χ3v) is 5.00. The first-order chi connectivity index (χ1) is 11.0. The number of hydrogen-bond donors (Lipinski definition) is 1. The molecule has 2 amide bonds. The Morgan fingerprint density at radius 2 is 2.08 bits per heavy atom. The minimum absolute atomic E-state index is 0.0309. The van der Waals surface area contributed by atoms with E-state index in [0.29, 0.717) is 17.9 Å². The largest absolute Gasteiger partial charge is 0.376 e. The molecule has 2 heterocycles. The molecule has 1 aliphatic rings. The molecule has 0 bridgehead atoms. The Kier molecular flexibility index (Phi) is 5.86. The van der Waals surface area contributed by atoms with Gasteiger partial charge in [0.05, 0.1) is 12.6 Å². The van der Waals surface area contributed by atoms with Gasteiger partial charge in [-0.1, -0.05) is 52.9 Å². The summed E-state index contributed by atoms with van der Waals surface area (Å²) >= 11 is 1.48. The second kappa shape index (κ2) is 7.35. The summed E-state index contributed by atoms with van der Waals surface area (Å²) in [7, 11) is 0. The summed E-state index contributed by atoms with van der Waals surface area (Å²) in [5.74, 6) is 0. The van der Waals surface area contributed by atoms with Gasteiger partial charge >= 0.3 is 6.03 Å². The molecular weight excluding hydrogens is 324 g/mol. The van der Waals surface area contributed by atoms with Gasteiger partial charge in [-0.15, -0.1) is 0 Å². The van der Waals surface area contributed by atoms with Crippen LogP contribution < -0.4 is 10.1 Å². The number of hydrogen-bond acceptors (Lipinski definition) is 4. The molecule has 0 aliphatic carbocycles. The van der Waals surface area contributed by atoms with Crippen LogP contribution in [-0.2, 0) is 16.7 Å². The Bertz CT molecular complexity index is 628. The van der Waals surface area contributed by atoms with E-state index in [0.717, 1.165) is 24.5 Å². The molecule has 1 atom stereocenters. The first kappa shape index (κ1) is 19.1. The van der Waals surface area contributed by atoms with Crippen molar-refractivity contribution in [3.05, 3.63) is 9.81 Å². The first-order valence-corrected chi connectivity index (χ1v) is 9.39. The van der Waals surface area contributed by atoms with E-state index in [-0.39, 0.29) is 23.0 Å². The quantitative estimate of drug-likeness (QED) is 0.907. The molecule has 24 heavy (non-hydrogen) atoms. The van der Waals surface area contributed by atoms with Gasteiger partial charge in [0.25, 0.3) is 0 Å². The summed E-state index contributed by atoms with van der Waals surface area (Å²) in [6, 6.07) is -0.310. The van der Waals surface area contributed by atoms with Crippen molar-refractivity contribution in [3.8, 4) is 0 Å². The first-order valence-electron chi connectivity index (χ1n) is 8.57. The van der Waals surface area contributed by atoms with Crippen LogP contribution in [0.4, 0.5) is 4.79 Å². The maximum Gasteiger partial charge on any atom is 0.343 e. The van der Waals surface area contributed by atoms with Gasteiger partial charge in [0, 0.05) is 18.6 Å². The molecule has 6 nitrogen and oxygen atoms in total. The zero-order chi connectivity index (χ0) is 18.0. The molecule has 1 saturated heterocycles. The molecule has 0 radical (unpaired) electrons. The third-order valence-electron chi connectivity index (χ3n) is 3.63. The van der Waals surface area contributed by atoms with Crippen molar-refractivity contribution in [3.63, 3.8) is 0 Å². The van der Waals surface area contributed by atoms with Crippen LogP contribution in [0.2, 0.25) is 0 Å². The van der Waals surface area contributed by atoms with Crippen LogP contribution in [0.15, 0.2) is 4.99 Å². The summed E-state index contributed by atoms with van der Waals surface area (Å²) in [5, 5.41) is 8.53. The van der Waals surface area contributed by atoms with E-state index in [1.807, 2.05) is 4.68 Å². The van der Waals surface area contributed by atoms with Crippen molar-refractivity contribution >= 4 is 17.4 Å². The Hall–Kier alpha value is -1.21. The third kappa shape index (κ3) is 5.70. The zero-order valence-electron chi connectivity index (χ0n) is 15.7. The molecule has 1 aromatic rings. The van der Waals surface area contributed by atoms with Crippen molar-refractivity contribution < 1.29 is 9.53 Å². The molecule has 0 spiro atoms.